The lowest BCUT2D eigenvalue weighted by Crippen LogP contribution is -2.61. The fourth-order valence-electron chi connectivity index (χ4n) is 4.52. The summed E-state index contributed by atoms with van der Waals surface area (Å²) in [5.41, 5.74) is 1.12. The topological polar surface area (TPSA) is 35.5 Å². The Morgan fingerprint density at radius 2 is 2.04 bits per heavy atom. The first kappa shape index (κ1) is 17.3. The average molecular weight is 332 g/mol. The number of nitrogens with zero attached hydrogens (tertiary/aromatic N) is 1. The van der Waals surface area contributed by atoms with Crippen LogP contribution in [0.4, 0.5) is 0 Å². The van der Waals surface area contributed by atoms with Gasteiger partial charge in [-0.3, -0.25) is 0 Å². The van der Waals surface area contributed by atoms with Crippen molar-refractivity contribution >= 4 is 5.97 Å². The number of aryl methyl sites for hydroxylation is 1. The number of benzene rings is 1. The third-order valence-electron chi connectivity index (χ3n) is 5.81. The molecule has 3 rings (SSSR count). The number of carbonyl (C=O) groups excluding carboxylic acids is 1. The van der Waals surface area contributed by atoms with Crippen molar-refractivity contribution in [2.24, 2.45) is 5.92 Å². The molecule has 0 aromatic heterocycles. The number of piperidine rings is 2. The minimum Gasteiger partial charge on any atom is -0.482 e. The summed E-state index contributed by atoms with van der Waals surface area (Å²) in [7, 11) is 2.39. The van der Waals surface area contributed by atoms with Crippen LogP contribution in [0.25, 0.3) is 0 Å². The van der Waals surface area contributed by atoms with Crippen LogP contribution in [0.3, 0.4) is 0 Å². The quantitative estimate of drug-likeness (QED) is 0.613. The van der Waals surface area contributed by atoms with Crippen molar-refractivity contribution in [1.82, 2.24) is 0 Å². The first-order valence-corrected chi connectivity index (χ1v) is 9.26. The Labute approximate surface area is 145 Å². The van der Waals surface area contributed by atoms with E-state index in [0.29, 0.717) is 18.6 Å². The third kappa shape index (κ3) is 4.10. The van der Waals surface area contributed by atoms with Crippen LogP contribution in [-0.4, -0.2) is 49.8 Å². The molecule has 2 fully saturated rings. The summed E-state index contributed by atoms with van der Waals surface area (Å²) in [5, 5.41) is 0. The highest BCUT2D eigenvalue weighted by Crippen LogP contribution is 2.36. The second-order valence-corrected chi connectivity index (χ2v) is 7.68. The van der Waals surface area contributed by atoms with Gasteiger partial charge in [-0.05, 0) is 50.3 Å². The smallest absolute Gasteiger partial charge is 0.344 e. The maximum Gasteiger partial charge on any atom is 0.344 e. The molecular weight excluding hydrogens is 302 g/mol. The third-order valence-corrected chi connectivity index (χ3v) is 5.81. The van der Waals surface area contributed by atoms with Gasteiger partial charge in [-0.2, -0.15) is 0 Å². The molecule has 1 aromatic rings. The molecule has 3 atom stereocenters. The van der Waals surface area contributed by atoms with Gasteiger partial charge in [-0.25, -0.2) is 4.79 Å². The summed E-state index contributed by atoms with van der Waals surface area (Å²) < 4.78 is 12.3. The van der Waals surface area contributed by atoms with Crippen molar-refractivity contribution in [2.75, 3.05) is 33.4 Å². The van der Waals surface area contributed by atoms with Crippen molar-refractivity contribution in [3.8, 4) is 5.75 Å². The normalized spacial score (nSPS) is 29.6. The maximum absolute atomic E-state index is 12.0. The van der Waals surface area contributed by atoms with Gasteiger partial charge in [0.1, 0.15) is 5.75 Å². The molecule has 132 valence electrons. The summed E-state index contributed by atoms with van der Waals surface area (Å²) in [6.45, 7) is 5.12. The van der Waals surface area contributed by atoms with Crippen molar-refractivity contribution in [3.05, 3.63) is 29.8 Å². The molecule has 0 radical (unpaired) electrons. The van der Waals surface area contributed by atoms with Crippen LogP contribution in [0.2, 0.25) is 0 Å². The average Bonchev–Trinajstić information content (AvgIpc) is 2.57. The Kier molecular flexibility index (Phi) is 5.44. The molecular formula is C20H30NO3+. The molecule has 0 N–H and O–H groups in total. The first-order valence-electron chi connectivity index (χ1n) is 9.26. The Balaban J connectivity index is 1.47. The Hall–Kier alpha value is -1.55. The Morgan fingerprint density at radius 3 is 2.88 bits per heavy atom. The molecule has 2 heterocycles. The molecule has 0 aliphatic carbocycles. The zero-order valence-corrected chi connectivity index (χ0v) is 15.0. The highest BCUT2D eigenvalue weighted by Gasteiger charge is 2.43. The lowest BCUT2D eigenvalue weighted by atomic mass is 9.82. The van der Waals surface area contributed by atoms with Crippen LogP contribution in [0, 0.1) is 12.8 Å². The molecule has 4 heteroatoms. The molecule has 0 spiro atoms. The molecule has 1 aromatic carbocycles. The van der Waals surface area contributed by atoms with Gasteiger partial charge in [0.05, 0.1) is 32.8 Å². The molecule has 2 aliphatic heterocycles. The van der Waals surface area contributed by atoms with Crippen LogP contribution >= 0.6 is 0 Å². The fourth-order valence-corrected chi connectivity index (χ4v) is 4.52. The predicted octanol–water partition coefficient (Wildman–Crippen LogP) is 3.33. The van der Waals surface area contributed by atoms with Gasteiger partial charge in [-0.15, -0.1) is 0 Å². The molecule has 2 saturated heterocycles. The van der Waals surface area contributed by atoms with Crippen LogP contribution < -0.4 is 4.74 Å². The number of fused-ring (bicyclic) bond motifs is 1. The van der Waals surface area contributed by atoms with E-state index in [1.807, 2.05) is 31.2 Å². The van der Waals surface area contributed by atoms with Crippen LogP contribution in [0.15, 0.2) is 24.3 Å². The van der Waals surface area contributed by atoms with Gasteiger partial charge in [0.2, 0.25) is 0 Å². The van der Waals surface area contributed by atoms with E-state index < -0.39 is 0 Å². The standard InChI is InChI=1S/C20H30NO3/c1-16-7-5-9-18(13-16)23-15-20(22)24-14-17-8-6-12-21(2)11-4-3-10-19(17)21/h5,7,9,13,17,19H,3-4,6,8,10-12,14-15H2,1-2H3/q+1/t17-,19+,21+/m0/s1. The van der Waals surface area contributed by atoms with Gasteiger partial charge in [0.15, 0.2) is 6.61 Å². The van der Waals surface area contributed by atoms with Gasteiger partial charge in [0.25, 0.3) is 0 Å². The summed E-state index contributed by atoms with van der Waals surface area (Å²) in [6.07, 6.45) is 6.36. The number of rotatable bonds is 5. The highest BCUT2D eigenvalue weighted by atomic mass is 16.6. The maximum atomic E-state index is 12.0. The number of carbonyl (C=O) groups is 1. The zero-order valence-electron chi connectivity index (χ0n) is 15.0. The van der Waals surface area contributed by atoms with Gasteiger partial charge >= 0.3 is 5.97 Å². The van der Waals surface area contributed by atoms with E-state index in [9.17, 15) is 4.79 Å². The van der Waals surface area contributed by atoms with Crippen molar-refractivity contribution in [2.45, 2.75) is 45.1 Å². The summed E-state index contributed by atoms with van der Waals surface area (Å²) >= 11 is 0. The lowest BCUT2D eigenvalue weighted by Gasteiger charge is -2.51. The van der Waals surface area contributed by atoms with Crippen molar-refractivity contribution < 1.29 is 18.8 Å². The van der Waals surface area contributed by atoms with Gasteiger partial charge in [-0.1, -0.05) is 12.1 Å². The minimum atomic E-state index is -0.257. The minimum absolute atomic E-state index is 0.00698. The molecule has 0 amide bonds. The van der Waals surface area contributed by atoms with Gasteiger partial charge < -0.3 is 14.0 Å². The van der Waals surface area contributed by atoms with E-state index in [1.165, 1.54) is 49.7 Å². The molecule has 0 unspecified atom stereocenters. The van der Waals surface area contributed by atoms with Crippen LogP contribution in [0.5, 0.6) is 5.75 Å². The van der Waals surface area contributed by atoms with E-state index in [0.717, 1.165) is 11.3 Å². The second kappa shape index (κ2) is 7.56. The van der Waals surface area contributed by atoms with Gasteiger partial charge in [0, 0.05) is 12.3 Å². The summed E-state index contributed by atoms with van der Waals surface area (Å²) in [4.78, 5) is 12.0. The molecule has 24 heavy (non-hydrogen) atoms. The highest BCUT2D eigenvalue weighted by molar-refractivity contribution is 5.71. The summed E-state index contributed by atoms with van der Waals surface area (Å²) in [5.74, 6) is 0.972. The molecule has 0 saturated carbocycles. The fraction of sp³-hybridized carbons (Fsp3) is 0.650. The first-order chi connectivity index (χ1) is 11.6. The van der Waals surface area contributed by atoms with Crippen molar-refractivity contribution in [3.63, 3.8) is 0 Å². The Bertz CT molecular complexity index is 570. The number of hydrogen-bond donors (Lipinski definition) is 0. The van der Waals surface area contributed by atoms with E-state index in [2.05, 4.69) is 7.05 Å². The van der Waals surface area contributed by atoms with E-state index >= 15 is 0 Å². The SMILES string of the molecule is Cc1cccc(OCC(=O)OC[C@@H]2CCC[N@@+]3(C)CCCC[C@H]23)c1. The second-order valence-electron chi connectivity index (χ2n) is 7.68. The number of esters is 1. The molecule has 0 bridgehead atoms. The van der Waals surface area contributed by atoms with Crippen LogP contribution in [0.1, 0.15) is 37.7 Å². The van der Waals surface area contributed by atoms with E-state index in [1.54, 1.807) is 0 Å². The molecule has 2 aliphatic rings. The van der Waals surface area contributed by atoms with Crippen LogP contribution in [-0.2, 0) is 9.53 Å². The number of hydrogen-bond acceptors (Lipinski definition) is 3. The Morgan fingerprint density at radius 1 is 1.21 bits per heavy atom. The van der Waals surface area contributed by atoms with E-state index in [4.69, 9.17) is 9.47 Å². The number of quaternary nitrogens is 1. The summed E-state index contributed by atoms with van der Waals surface area (Å²) in [6, 6.07) is 8.40. The lowest BCUT2D eigenvalue weighted by molar-refractivity contribution is -0.947. The van der Waals surface area contributed by atoms with E-state index in [-0.39, 0.29) is 12.6 Å². The number of ether oxygens (including phenoxy) is 2. The predicted molar refractivity (Wildman–Crippen MR) is 93.9 cm³/mol. The monoisotopic (exact) mass is 332 g/mol. The largest absolute Gasteiger partial charge is 0.482 e. The zero-order chi connectivity index (χ0) is 17.0. The molecule has 4 nitrogen and oxygen atoms in total. The van der Waals surface area contributed by atoms with Crippen molar-refractivity contribution in [1.29, 1.82) is 0 Å².